The molecule has 0 aliphatic carbocycles. The summed E-state index contributed by atoms with van der Waals surface area (Å²) in [4.78, 5) is 12.2. The summed E-state index contributed by atoms with van der Waals surface area (Å²) in [6.45, 7) is 6.50. The second-order valence-electron chi connectivity index (χ2n) is 5.57. The van der Waals surface area contributed by atoms with Gasteiger partial charge in [0.15, 0.2) is 11.5 Å². The lowest BCUT2D eigenvalue weighted by molar-refractivity contribution is -0.0379. The average Bonchev–Trinajstić information content (AvgIpc) is 2.37. The van der Waals surface area contributed by atoms with E-state index in [0.717, 1.165) is 13.1 Å². The third-order valence-electron chi connectivity index (χ3n) is 4.03. The molecule has 0 bridgehead atoms. The zero-order chi connectivity index (χ0) is 13.6. The maximum atomic E-state index is 14.1. The molecule has 0 unspecified atom stereocenters. The van der Waals surface area contributed by atoms with Crippen LogP contribution in [-0.4, -0.2) is 46.6 Å². The van der Waals surface area contributed by atoms with Crippen molar-refractivity contribution >= 4 is 5.82 Å². The molecular formula is C13H18F2N4. The van der Waals surface area contributed by atoms with Crippen molar-refractivity contribution in [1.29, 1.82) is 0 Å². The predicted molar refractivity (Wildman–Crippen MR) is 68.4 cm³/mol. The maximum absolute atomic E-state index is 14.1. The molecule has 0 amide bonds. The third-order valence-corrected chi connectivity index (χ3v) is 4.03. The molecule has 1 saturated heterocycles. The van der Waals surface area contributed by atoms with Crippen LogP contribution in [0.15, 0.2) is 12.4 Å². The molecule has 1 atom stereocenters. The second-order valence-corrected chi connectivity index (χ2v) is 5.57. The Bertz CT molecular complexity index is 477. The van der Waals surface area contributed by atoms with Gasteiger partial charge in [-0.1, -0.05) is 0 Å². The molecule has 2 aliphatic rings. The second kappa shape index (κ2) is 4.37. The first kappa shape index (κ1) is 12.7. The Labute approximate surface area is 111 Å². The van der Waals surface area contributed by atoms with Crippen LogP contribution in [0.4, 0.5) is 14.6 Å². The topological polar surface area (TPSA) is 32.3 Å². The van der Waals surface area contributed by atoms with Crippen LogP contribution in [0.1, 0.15) is 26.0 Å². The molecule has 1 aromatic rings. The quantitative estimate of drug-likeness (QED) is 0.778. The van der Waals surface area contributed by atoms with E-state index in [-0.39, 0.29) is 18.2 Å². The minimum atomic E-state index is -2.87. The molecule has 2 aliphatic heterocycles. The first-order valence-electron chi connectivity index (χ1n) is 6.69. The molecule has 4 nitrogen and oxygen atoms in total. The Hall–Kier alpha value is -1.30. The van der Waals surface area contributed by atoms with Crippen LogP contribution < -0.4 is 4.90 Å². The van der Waals surface area contributed by atoms with Gasteiger partial charge in [0, 0.05) is 50.5 Å². The van der Waals surface area contributed by atoms with Crippen molar-refractivity contribution in [1.82, 2.24) is 14.9 Å². The highest BCUT2D eigenvalue weighted by molar-refractivity contribution is 5.50. The molecular weight excluding hydrogens is 250 g/mol. The fraction of sp³-hybridized carbons (Fsp3) is 0.692. The Balaban J connectivity index is 1.94. The number of hydrogen-bond donors (Lipinski definition) is 0. The first-order valence-corrected chi connectivity index (χ1v) is 6.69. The van der Waals surface area contributed by atoms with Crippen LogP contribution in [0.2, 0.25) is 0 Å². The number of rotatable bonds is 1. The Morgan fingerprint density at radius 2 is 2.00 bits per heavy atom. The summed E-state index contributed by atoms with van der Waals surface area (Å²) in [6, 6.07) is 0.217. The highest BCUT2D eigenvalue weighted by Gasteiger charge is 2.48. The van der Waals surface area contributed by atoms with Crippen molar-refractivity contribution in [3.8, 4) is 0 Å². The highest BCUT2D eigenvalue weighted by atomic mass is 19.3. The lowest BCUT2D eigenvalue weighted by Crippen LogP contribution is -2.58. The molecule has 104 valence electrons. The predicted octanol–water partition coefficient (Wildman–Crippen LogP) is 1.87. The molecule has 1 aromatic heterocycles. The summed E-state index contributed by atoms with van der Waals surface area (Å²) in [6.07, 6.45) is 2.67. The van der Waals surface area contributed by atoms with Gasteiger partial charge in [-0.25, -0.2) is 9.97 Å². The van der Waals surface area contributed by atoms with Gasteiger partial charge < -0.3 is 4.90 Å². The lowest BCUT2D eigenvalue weighted by atomic mass is 9.95. The smallest absolute Gasteiger partial charge is 0.295 e. The zero-order valence-corrected chi connectivity index (χ0v) is 11.2. The molecule has 0 N–H and O–H groups in total. The van der Waals surface area contributed by atoms with E-state index in [1.807, 2.05) is 4.90 Å². The number of piperazine rings is 1. The van der Waals surface area contributed by atoms with Gasteiger partial charge in [0.2, 0.25) is 0 Å². The number of hydrogen-bond acceptors (Lipinski definition) is 4. The van der Waals surface area contributed by atoms with Gasteiger partial charge in [-0.05, 0) is 13.8 Å². The third kappa shape index (κ3) is 2.08. The number of fused-ring (bicyclic) bond motifs is 3. The summed E-state index contributed by atoms with van der Waals surface area (Å²) in [5.74, 6) is -2.50. The molecule has 0 aromatic carbocycles. The molecule has 6 heteroatoms. The van der Waals surface area contributed by atoms with Crippen LogP contribution >= 0.6 is 0 Å². The van der Waals surface area contributed by atoms with E-state index < -0.39 is 5.92 Å². The van der Waals surface area contributed by atoms with Crippen molar-refractivity contribution in [3.63, 3.8) is 0 Å². The van der Waals surface area contributed by atoms with Crippen LogP contribution in [0.3, 0.4) is 0 Å². The van der Waals surface area contributed by atoms with Gasteiger partial charge in [0.05, 0.1) is 0 Å². The molecule has 0 radical (unpaired) electrons. The fourth-order valence-corrected chi connectivity index (χ4v) is 2.99. The molecule has 19 heavy (non-hydrogen) atoms. The van der Waals surface area contributed by atoms with Crippen molar-refractivity contribution in [2.75, 3.05) is 24.5 Å². The summed E-state index contributed by atoms with van der Waals surface area (Å²) >= 11 is 0. The van der Waals surface area contributed by atoms with Crippen LogP contribution in [0.25, 0.3) is 0 Å². The van der Waals surface area contributed by atoms with E-state index in [9.17, 15) is 8.78 Å². The summed E-state index contributed by atoms with van der Waals surface area (Å²) in [5, 5.41) is 0. The van der Waals surface area contributed by atoms with E-state index in [2.05, 4.69) is 28.7 Å². The van der Waals surface area contributed by atoms with Crippen molar-refractivity contribution < 1.29 is 8.78 Å². The van der Waals surface area contributed by atoms with Crippen LogP contribution in [-0.2, 0) is 5.92 Å². The minimum Gasteiger partial charge on any atom is -0.349 e. The fourth-order valence-electron chi connectivity index (χ4n) is 2.99. The van der Waals surface area contributed by atoms with E-state index in [1.54, 1.807) is 0 Å². The van der Waals surface area contributed by atoms with E-state index in [1.165, 1.54) is 12.4 Å². The SMILES string of the molecule is CC(C)N1CCN2c3nccnc3C(F)(F)C[C@@H]2C1. The summed E-state index contributed by atoms with van der Waals surface area (Å²) < 4.78 is 28.3. The number of alkyl halides is 2. The standard InChI is InChI=1S/C13H18F2N4/c1-9(2)18-5-6-19-10(8-18)7-13(14,15)11-12(19)17-4-3-16-11/h3-4,9-10H,5-8H2,1-2H3/t10-/m1/s1. The number of nitrogens with zero attached hydrogens (tertiary/aromatic N) is 4. The minimum absolute atomic E-state index is 0.163. The van der Waals surface area contributed by atoms with Gasteiger partial charge >= 0.3 is 0 Å². The molecule has 3 heterocycles. The Kier molecular flexibility index (Phi) is 2.92. The van der Waals surface area contributed by atoms with Gasteiger partial charge in [-0.2, -0.15) is 8.78 Å². The van der Waals surface area contributed by atoms with Crippen molar-refractivity contribution in [2.45, 2.75) is 38.3 Å². The number of aromatic nitrogens is 2. The highest BCUT2D eigenvalue weighted by Crippen LogP contribution is 2.43. The maximum Gasteiger partial charge on any atom is 0.295 e. The lowest BCUT2D eigenvalue weighted by Gasteiger charge is -2.47. The summed E-state index contributed by atoms with van der Waals surface area (Å²) in [7, 11) is 0. The molecule has 1 fully saturated rings. The molecule has 0 spiro atoms. The largest absolute Gasteiger partial charge is 0.349 e. The van der Waals surface area contributed by atoms with Crippen molar-refractivity contribution in [2.24, 2.45) is 0 Å². The molecule has 0 saturated carbocycles. The van der Waals surface area contributed by atoms with Crippen LogP contribution in [0, 0.1) is 0 Å². The monoisotopic (exact) mass is 268 g/mol. The van der Waals surface area contributed by atoms with Gasteiger partial charge in [-0.15, -0.1) is 0 Å². The van der Waals surface area contributed by atoms with Crippen molar-refractivity contribution in [3.05, 3.63) is 18.1 Å². The van der Waals surface area contributed by atoms with Crippen LogP contribution in [0.5, 0.6) is 0 Å². The number of anilines is 1. The Morgan fingerprint density at radius 3 is 2.74 bits per heavy atom. The van der Waals surface area contributed by atoms with Gasteiger partial charge in [0.25, 0.3) is 5.92 Å². The first-order chi connectivity index (χ1) is 8.99. The van der Waals surface area contributed by atoms with E-state index in [0.29, 0.717) is 18.4 Å². The number of halogens is 2. The average molecular weight is 268 g/mol. The van der Waals surface area contributed by atoms with E-state index in [4.69, 9.17) is 0 Å². The molecule has 3 rings (SSSR count). The summed E-state index contributed by atoms with van der Waals surface area (Å²) in [5.41, 5.74) is -0.163. The zero-order valence-electron chi connectivity index (χ0n) is 11.2. The van der Waals surface area contributed by atoms with E-state index >= 15 is 0 Å². The van der Waals surface area contributed by atoms with Gasteiger partial charge in [0.1, 0.15) is 0 Å². The van der Waals surface area contributed by atoms with Gasteiger partial charge in [-0.3, -0.25) is 4.90 Å². The normalized spacial score (nSPS) is 26.2. The Morgan fingerprint density at radius 1 is 1.26 bits per heavy atom.